The number of nitrogens with one attached hydrogen (secondary N) is 1. The molecule has 0 saturated carbocycles. The number of thiophene rings is 1. The maximum Gasteiger partial charge on any atom is 0.303 e. The van der Waals surface area contributed by atoms with Crippen molar-refractivity contribution in [1.29, 1.82) is 0 Å². The summed E-state index contributed by atoms with van der Waals surface area (Å²) in [5.41, 5.74) is 0.857. The number of anilines is 1. The highest BCUT2D eigenvalue weighted by Gasteiger charge is 2.42. The van der Waals surface area contributed by atoms with Gasteiger partial charge in [0.25, 0.3) is 11.8 Å². The van der Waals surface area contributed by atoms with Gasteiger partial charge in [0.2, 0.25) is 12.2 Å². The van der Waals surface area contributed by atoms with E-state index in [4.69, 9.17) is 21.1 Å². The van der Waals surface area contributed by atoms with Crippen LogP contribution in [-0.4, -0.2) is 67.0 Å². The van der Waals surface area contributed by atoms with Crippen LogP contribution in [0.1, 0.15) is 18.7 Å². The molecule has 1 aromatic heterocycles. The van der Waals surface area contributed by atoms with Gasteiger partial charge >= 0.3 is 11.9 Å². The quantitative estimate of drug-likeness (QED) is 0.474. The standard InChI is InChI=1S/C23H25BrClN3O6S/c1-14(29)33-20(22(31)26-12-17-11-16(24)13-35-17)21(34-15(2)30)23(32)28-9-7-27(8-10-28)19-6-4-3-5-18(19)25/h3-6,11,13,20-21H,7-10,12H2,1-2H3,(H,26,31)/t20-,21-/m1/s1. The molecule has 9 nitrogen and oxygen atoms in total. The average molecular weight is 587 g/mol. The maximum absolute atomic E-state index is 13.4. The zero-order valence-corrected chi connectivity index (χ0v) is 22.3. The second-order valence-corrected chi connectivity index (χ2v) is 10.1. The second kappa shape index (κ2) is 12.4. The molecule has 0 radical (unpaired) electrons. The molecule has 35 heavy (non-hydrogen) atoms. The predicted molar refractivity (Wildman–Crippen MR) is 135 cm³/mol. The molecule has 2 amide bonds. The van der Waals surface area contributed by atoms with Crippen LogP contribution in [0.4, 0.5) is 5.69 Å². The minimum absolute atomic E-state index is 0.157. The molecule has 1 aromatic carbocycles. The van der Waals surface area contributed by atoms with Crippen LogP contribution in [0.25, 0.3) is 0 Å². The number of hydrogen-bond acceptors (Lipinski definition) is 8. The molecule has 1 N–H and O–H groups in total. The van der Waals surface area contributed by atoms with E-state index in [2.05, 4.69) is 21.2 Å². The molecule has 0 unspecified atom stereocenters. The number of carbonyl (C=O) groups excluding carboxylic acids is 4. The van der Waals surface area contributed by atoms with Gasteiger partial charge in [0, 0.05) is 54.8 Å². The average Bonchev–Trinajstić information content (AvgIpc) is 3.24. The molecule has 1 aliphatic heterocycles. The first kappa shape index (κ1) is 27.0. The van der Waals surface area contributed by atoms with Crippen LogP contribution in [0, 0.1) is 0 Å². The van der Waals surface area contributed by atoms with Crippen molar-refractivity contribution in [1.82, 2.24) is 10.2 Å². The molecule has 2 heterocycles. The van der Waals surface area contributed by atoms with Gasteiger partial charge < -0.3 is 24.6 Å². The van der Waals surface area contributed by atoms with Gasteiger partial charge in [-0.15, -0.1) is 11.3 Å². The van der Waals surface area contributed by atoms with Crippen molar-refractivity contribution in [3.8, 4) is 0 Å². The lowest BCUT2D eigenvalue weighted by Gasteiger charge is -2.38. The number of halogens is 2. The Bertz CT molecular complexity index is 1090. The van der Waals surface area contributed by atoms with Crippen LogP contribution >= 0.6 is 38.9 Å². The first-order valence-corrected chi connectivity index (χ1v) is 12.8. The Morgan fingerprint density at radius 2 is 1.69 bits per heavy atom. The van der Waals surface area contributed by atoms with Gasteiger partial charge in [0.05, 0.1) is 17.3 Å². The van der Waals surface area contributed by atoms with Gasteiger partial charge in [0.1, 0.15) is 0 Å². The highest BCUT2D eigenvalue weighted by atomic mass is 79.9. The summed E-state index contributed by atoms with van der Waals surface area (Å²) in [5, 5.41) is 5.12. The van der Waals surface area contributed by atoms with Gasteiger partial charge in [-0.05, 0) is 34.1 Å². The number of nitrogens with zero attached hydrogens (tertiary/aromatic N) is 2. The monoisotopic (exact) mass is 585 g/mol. The largest absolute Gasteiger partial charge is 0.448 e. The van der Waals surface area contributed by atoms with Gasteiger partial charge in [-0.3, -0.25) is 19.2 Å². The number of rotatable bonds is 8. The molecule has 0 bridgehead atoms. The first-order valence-electron chi connectivity index (χ1n) is 10.8. The SMILES string of the molecule is CC(=O)O[C@@H](C(=O)NCc1cc(Br)cs1)[C@@H](OC(C)=O)C(=O)N1CCN(c2ccccc2Cl)CC1. The number of amides is 2. The van der Waals surface area contributed by atoms with Crippen molar-refractivity contribution in [3.05, 3.63) is 50.1 Å². The predicted octanol–water partition coefficient (Wildman–Crippen LogP) is 2.99. The second-order valence-electron chi connectivity index (χ2n) is 7.77. The van der Waals surface area contributed by atoms with E-state index in [-0.39, 0.29) is 6.54 Å². The van der Waals surface area contributed by atoms with Gasteiger partial charge in [-0.1, -0.05) is 23.7 Å². The van der Waals surface area contributed by atoms with Crippen LogP contribution in [0.5, 0.6) is 0 Å². The zero-order chi connectivity index (χ0) is 25.5. The molecule has 3 rings (SSSR count). The van der Waals surface area contributed by atoms with Crippen LogP contribution in [0.15, 0.2) is 40.2 Å². The summed E-state index contributed by atoms with van der Waals surface area (Å²) >= 11 is 11.1. The molecular weight excluding hydrogens is 562 g/mol. The van der Waals surface area contributed by atoms with Crippen LogP contribution < -0.4 is 10.2 Å². The number of piperazine rings is 1. The lowest BCUT2D eigenvalue weighted by atomic mass is 10.1. The third kappa shape index (κ3) is 7.42. The fourth-order valence-corrected chi connectivity index (χ4v) is 5.28. The third-order valence-corrected chi connectivity index (χ3v) is 7.22. The summed E-state index contributed by atoms with van der Waals surface area (Å²) < 4.78 is 11.3. The van der Waals surface area contributed by atoms with Crippen LogP contribution in [0.3, 0.4) is 0 Å². The van der Waals surface area contributed by atoms with E-state index in [9.17, 15) is 19.2 Å². The van der Waals surface area contributed by atoms with E-state index in [1.54, 1.807) is 6.07 Å². The van der Waals surface area contributed by atoms with Crippen molar-refractivity contribution >= 4 is 68.3 Å². The van der Waals surface area contributed by atoms with E-state index in [0.717, 1.165) is 28.9 Å². The highest BCUT2D eigenvalue weighted by Crippen LogP contribution is 2.26. The Hall–Kier alpha value is -2.63. The molecule has 0 spiro atoms. The number of esters is 2. The molecule has 2 aromatic rings. The Labute approximate surface area is 220 Å². The summed E-state index contributed by atoms with van der Waals surface area (Å²) in [5.74, 6) is -2.90. The van der Waals surface area contributed by atoms with Crippen molar-refractivity contribution in [2.75, 3.05) is 31.1 Å². The smallest absolute Gasteiger partial charge is 0.303 e. The fourth-order valence-electron chi connectivity index (χ4n) is 3.63. The topological polar surface area (TPSA) is 105 Å². The van der Waals surface area contributed by atoms with Crippen molar-refractivity contribution in [3.63, 3.8) is 0 Å². The minimum Gasteiger partial charge on any atom is -0.448 e. The first-order chi connectivity index (χ1) is 16.7. The molecule has 188 valence electrons. The van der Waals surface area contributed by atoms with E-state index in [0.29, 0.717) is 31.2 Å². The fraction of sp³-hybridized carbons (Fsp3) is 0.391. The molecule has 12 heteroatoms. The lowest BCUT2D eigenvalue weighted by molar-refractivity contribution is -0.178. The summed E-state index contributed by atoms with van der Waals surface area (Å²) in [4.78, 5) is 54.3. The third-order valence-electron chi connectivity index (χ3n) is 5.21. The molecule has 1 fully saturated rings. The van der Waals surface area contributed by atoms with E-state index in [1.807, 2.05) is 34.5 Å². The summed E-state index contributed by atoms with van der Waals surface area (Å²) in [6.07, 6.45) is -3.24. The summed E-state index contributed by atoms with van der Waals surface area (Å²) in [7, 11) is 0. The Morgan fingerprint density at radius 3 is 2.26 bits per heavy atom. The Morgan fingerprint density at radius 1 is 1.06 bits per heavy atom. The zero-order valence-electron chi connectivity index (χ0n) is 19.2. The van der Waals surface area contributed by atoms with Crippen LogP contribution in [-0.2, 0) is 35.2 Å². The number of carbonyl (C=O) groups is 4. The van der Waals surface area contributed by atoms with Gasteiger partial charge in [-0.2, -0.15) is 0 Å². The molecular formula is C23H25BrClN3O6S. The molecule has 0 aliphatic carbocycles. The summed E-state index contributed by atoms with van der Waals surface area (Å²) in [6.45, 7) is 3.99. The van der Waals surface area contributed by atoms with E-state index >= 15 is 0 Å². The normalized spacial score (nSPS) is 15.2. The Kier molecular flexibility index (Phi) is 9.53. The van der Waals surface area contributed by atoms with E-state index in [1.165, 1.54) is 16.2 Å². The lowest BCUT2D eigenvalue weighted by Crippen LogP contribution is -2.57. The number of hydrogen-bond donors (Lipinski definition) is 1. The molecule has 1 saturated heterocycles. The highest BCUT2D eigenvalue weighted by molar-refractivity contribution is 9.10. The van der Waals surface area contributed by atoms with Crippen LogP contribution in [0.2, 0.25) is 5.02 Å². The van der Waals surface area contributed by atoms with Crippen molar-refractivity contribution < 1.29 is 28.7 Å². The Balaban J connectivity index is 1.73. The van der Waals surface area contributed by atoms with Gasteiger partial charge in [0.15, 0.2) is 0 Å². The summed E-state index contributed by atoms with van der Waals surface area (Å²) in [6, 6.07) is 9.25. The molecule has 1 aliphatic rings. The number of benzene rings is 1. The minimum atomic E-state index is -1.63. The maximum atomic E-state index is 13.4. The van der Waals surface area contributed by atoms with Gasteiger partial charge in [-0.25, -0.2) is 0 Å². The van der Waals surface area contributed by atoms with Crippen molar-refractivity contribution in [2.45, 2.75) is 32.6 Å². The van der Waals surface area contributed by atoms with E-state index < -0.39 is 36.0 Å². The van der Waals surface area contributed by atoms with Crippen molar-refractivity contribution in [2.24, 2.45) is 0 Å². The number of ether oxygens (including phenoxy) is 2. The molecule has 2 atom stereocenters. The number of para-hydroxylation sites is 1.